The van der Waals surface area contributed by atoms with E-state index in [9.17, 15) is 8.78 Å². The van der Waals surface area contributed by atoms with E-state index >= 15 is 0 Å². The molecule has 2 rings (SSSR count). The highest BCUT2D eigenvalue weighted by Crippen LogP contribution is 2.28. The van der Waals surface area contributed by atoms with E-state index in [1.54, 1.807) is 12.1 Å². The summed E-state index contributed by atoms with van der Waals surface area (Å²) in [6, 6.07) is 4.86. The van der Waals surface area contributed by atoms with Gasteiger partial charge in [0.2, 0.25) is 0 Å². The second-order valence-corrected chi connectivity index (χ2v) is 5.34. The van der Waals surface area contributed by atoms with E-state index < -0.39 is 5.67 Å². The lowest BCUT2D eigenvalue weighted by Gasteiger charge is -2.25. The maximum Gasteiger partial charge on any atom is 0.146 e. The zero-order chi connectivity index (χ0) is 13.2. The Bertz CT molecular complexity index is 407. The van der Waals surface area contributed by atoms with Crippen LogP contribution in [0.5, 0.6) is 0 Å². The molecule has 4 heteroatoms. The minimum atomic E-state index is -1.51. The van der Waals surface area contributed by atoms with Crippen LogP contribution in [0.4, 0.5) is 14.5 Å². The number of alkyl halides is 1. The summed E-state index contributed by atoms with van der Waals surface area (Å²) in [5, 5.41) is 6.45. The van der Waals surface area contributed by atoms with Gasteiger partial charge in [0.15, 0.2) is 0 Å². The first-order valence-electron chi connectivity index (χ1n) is 6.43. The standard InChI is InChI=1S/C14H20F2N2/c1-14(2,16)10-3-4-13(12(15)9-10)18-11-5-7-17-8-6-11/h3-4,9,11,17-18H,5-8H2,1-2H3. The van der Waals surface area contributed by atoms with E-state index in [4.69, 9.17) is 0 Å². The highest BCUT2D eigenvalue weighted by atomic mass is 19.1. The average Bonchev–Trinajstić information content (AvgIpc) is 2.32. The first-order chi connectivity index (χ1) is 8.47. The molecule has 0 aliphatic carbocycles. The summed E-state index contributed by atoms with van der Waals surface area (Å²) in [4.78, 5) is 0. The predicted molar refractivity (Wildman–Crippen MR) is 70.0 cm³/mol. The summed E-state index contributed by atoms with van der Waals surface area (Å²) in [7, 11) is 0. The van der Waals surface area contributed by atoms with E-state index in [2.05, 4.69) is 10.6 Å². The Kier molecular flexibility index (Phi) is 3.85. The van der Waals surface area contributed by atoms with Gasteiger partial charge in [-0.05, 0) is 57.5 Å². The molecule has 0 bridgehead atoms. The molecule has 0 aromatic heterocycles. The smallest absolute Gasteiger partial charge is 0.146 e. The van der Waals surface area contributed by atoms with Gasteiger partial charge in [0.1, 0.15) is 11.5 Å². The summed E-state index contributed by atoms with van der Waals surface area (Å²) in [6.45, 7) is 4.77. The van der Waals surface area contributed by atoms with E-state index in [1.165, 1.54) is 19.9 Å². The SMILES string of the molecule is CC(C)(F)c1ccc(NC2CCNCC2)c(F)c1. The highest BCUT2D eigenvalue weighted by molar-refractivity contribution is 5.48. The topological polar surface area (TPSA) is 24.1 Å². The van der Waals surface area contributed by atoms with Crippen LogP contribution < -0.4 is 10.6 Å². The Balaban J connectivity index is 2.09. The number of piperidine rings is 1. The summed E-state index contributed by atoms with van der Waals surface area (Å²) in [6.07, 6.45) is 1.96. The van der Waals surface area contributed by atoms with Crippen LogP contribution in [0.15, 0.2) is 18.2 Å². The van der Waals surface area contributed by atoms with Crippen molar-refractivity contribution in [2.75, 3.05) is 18.4 Å². The summed E-state index contributed by atoms with van der Waals surface area (Å²) >= 11 is 0. The van der Waals surface area contributed by atoms with Crippen molar-refractivity contribution in [1.82, 2.24) is 5.32 Å². The van der Waals surface area contributed by atoms with Crippen molar-refractivity contribution in [2.24, 2.45) is 0 Å². The lowest BCUT2D eigenvalue weighted by molar-refractivity contribution is 0.221. The van der Waals surface area contributed by atoms with Crippen LogP contribution >= 0.6 is 0 Å². The molecule has 2 N–H and O–H groups in total. The summed E-state index contributed by atoms with van der Waals surface area (Å²) in [5.41, 5.74) is -0.667. The number of hydrogen-bond acceptors (Lipinski definition) is 2. The van der Waals surface area contributed by atoms with Crippen LogP contribution in [0.2, 0.25) is 0 Å². The van der Waals surface area contributed by atoms with E-state index in [-0.39, 0.29) is 5.82 Å². The average molecular weight is 254 g/mol. The van der Waals surface area contributed by atoms with Crippen LogP contribution in [0, 0.1) is 5.82 Å². The van der Waals surface area contributed by atoms with Gasteiger partial charge in [0.05, 0.1) is 5.69 Å². The van der Waals surface area contributed by atoms with Gasteiger partial charge in [-0.15, -0.1) is 0 Å². The van der Waals surface area contributed by atoms with Crippen molar-refractivity contribution >= 4 is 5.69 Å². The van der Waals surface area contributed by atoms with E-state index in [0.29, 0.717) is 17.3 Å². The maximum atomic E-state index is 13.9. The fourth-order valence-corrected chi connectivity index (χ4v) is 2.19. The van der Waals surface area contributed by atoms with Gasteiger partial charge >= 0.3 is 0 Å². The molecule has 1 saturated heterocycles. The molecular formula is C14H20F2N2. The van der Waals surface area contributed by atoms with E-state index in [1.807, 2.05) is 0 Å². The van der Waals surface area contributed by atoms with Crippen LogP contribution in [-0.4, -0.2) is 19.1 Å². The Morgan fingerprint density at radius 3 is 2.50 bits per heavy atom. The molecular weight excluding hydrogens is 234 g/mol. The van der Waals surface area contributed by atoms with Crippen LogP contribution in [0.1, 0.15) is 32.3 Å². The van der Waals surface area contributed by atoms with Gasteiger partial charge in [0.25, 0.3) is 0 Å². The number of anilines is 1. The lowest BCUT2D eigenvalue weighted by atomic mass is 9.99. The molecule has 1 aromatic carbocycles. The monoisotopic (exact) mass is 254 g/mol. The minimum absolute atomic E-state index is 0.296. The zero-order valence-electron chi connectivity index (χ0n) is 10.9. The Labute approximate surface area is 107 Å². The molecule has 1 aliphatic rings. The Morgan fingerprint density at radius 2 is 1.94 bits per heavy atom. The molecule has 0 atom stereocenters. The van der Waals surface area contributed by atoms with Crippen molar-refractivity contribution in [3.8, 4) is 0 Å². The van der Waals surface area contributed by atoms with Crippen molar-refractivity contribution in [2.45, 2.75) is 38.4 Å². The zero-order valence-corrected chi connectivity index (χ0v) is 10.9. The molecule has 100 valence electrons. The maximum absolute atomic E-state index is 13.9. The molecule has 0 amide bonds. The molecule has 0 saturated carbocycles. The molecule has 1 aliphatic heterocycles. The van der Waals surface area contributed by atoms with Gasteiger partial charge in [-0.2, -0.15) is 0 Å². The second kappa shape index (κ2) is 5.22. The fourth-order valence-electron chi connectivity index (χ4n) is 2.19. The number of rotatable bonds is 3. The van der Waals surface area contributed by atoms with Crippen LogP contribution in [0.25, 0.3) is 0 Å². The molecule has 18 heavy (non-hydrogen) atoms. The molecule has 1 fully saturated rings. The van der Waals surface area contributed by atoms with E-state index in [0.717, 1.165) is 25.9 Å². The third-order valence-electron chi connectivity index (χ3n) is 3.35. The second-order valence-electron chi connectivity index (χ2n) is 5.34. The van der Waals surface area contributed by atoms with Gasteiger partial charge in [-0.3, -0.25) is 0 Å². The van der Waals surface area contributed by atoms with Gasteiger partial charge in [-0.1, -0.05) is 6.07 Å². The third kappa shape index (κ3) is 3.19. The predicted octanol–water partition coefficient (Wildman–Crippen LogP) is 3.19. The molecule has 2 nitrogen and oxygen atoms in total. The Hall–Kier alpha value is -1.16. The number of benzene rings is 1. The molecule has 0 spiro atoms. The molecule has 1 aromatic rings. The molecule has 1 heterocycles. The Morgan fingerprint density at radius 1 is 1.28 bits per heavy atom. The summed E-state index contributed by atoms with van der Waals surface area (Å²) in [5.74, 6) is -0.378. The van der Waals surface area contributed by atoms with Crippen molar-refractivity contribution in [3.63, 3.8) is 0 Å². The van der Waals surface area contributed by atoms with Crippen LogP contribution in [0.3, 0.4) is 0 Å². The quantitative estimate of drug-likeness (QED) is 0.865. The van der Waals surface area contributed by atoms with Crippen molar-refractivity contribution in [1.29, 1.82) is 0 Å². The molecule has 0 radical (unpaired) electrons. The fraction of sp³-hybridized carbons (Fsp3) is 0.571. The van der Waals surface area contributed by atoms with Gasteiger partial charge in [-0.25, -0.2) is 8.78 Å². The first-order valence-corrected chi connectivity index (χ1v) is 6.43. The third-order valence-corrected chi connectivity index (χ3v) is 3.35. The van der Waals surface area contributed by atoms with Crippen molar-refractivity contribution < 1.29 is 8.78 Å². The van der Waals surface area contributed by atoms with Crippen LogP contribution in [-0.2, 0) is 5.67 Å². The largest absolute Gasteiger partial charge is 0.380 e. The summed E-state index contributed by atoms with van der Waals surface area (Å²) < 4.78 is 27.6. The first kappa shape index (κ1) is 13.3. The van der Waals surface area contributed by atoms with Crippen molar-refractivity contribution in [3.05, 3.63) is 29.6 Å². The normalized spacial score (nSPS) is 17.8. The highest BCUT2D eigenvalue weighted by Gasteiger charge is 2.21. The number of halogens is 2. The number of hydrogen-bond donors (Lipinski definition) is 2. The van der Waals surface area contributed by atoms with Gasteiger partial charge < -0.3 is 10.6 Å². The number of nitrogens with one attached hydrogen (secondary N) is 2. The van der Waals surface area contributed by atoms with Gasteiger partial charge in [0, 0.05) is 6.04 Å². The minimum Gasteiger partial charge on any atom is -0.380 e. The molecule has 0 unspecified atom stereocenters. The lowest BCUT2D eigenvalue weighted by Crippen LogP contribution is -2.35.